The van der Waals surface area contributed by atoms with Crippen molar-refractivity contribution in [2.75, 3.05) is 12.9 Å². The van der Waals surface area contributed by atoms with Crippen molar-refractivity contribution in [3.8, 4) is 0 Å². The van der Waals surface area contributed by atoms with Crippen LogP contribution in [0.25, 0.3) is 0 Å². The molecule has 0 saturated heterocycles. The lowest BCUT2D eigenvalue weighted by Crippen LogP contribution is -2.23. The van der Waals surface area contributed by atoms with Crippen molar-refractivity contribution < 1.29 is 14.6 Å². The number of hydrogen-bond donors (Lipinski definition) is 1. The van der Waals surface area contributed by atoms with Crippen LogP contribution in [0.4, 0.5) is 0 Å². The molecule has 4 nitrogen and oxygen atoms in total. The lowest BCUT2D eigenvalue weighted by atomic mass is 10.1. The van der Waals surface area contributed by atoms with Crippen LogP contribution in [-0.2, 0) is 4.74 Å². The first-order valence-electron chi connectivity index (χ1n) is 5.32. The first kappa shape index (κ1) is 14.0. The van der Waals surface area contributed by atoms with Gasteiger partial charge in [-0.15, -0.1) is 11.8 Å². The summed E-state index contributed by atoms with van der Waals surface area (Å²) >= 11 is 1.45. The minimum Gasteiger partial charge on any atom is -0.478 e. The van der Waals surface area contributed by atoms with E-state index in [0.29, 0.717) is 5.03 Å². The Bertz CT molecular complexity index is 393. The van der Waals surface area contributed by atoms with Crippen molar-refractivity contribution in [1.82, 2.24) is 4.98 Å². The van der Waals surface area contributed by atoms with Gasteiger partial charge in [0.15, 0.2) is 0 Å². The molecule has 1 aromatic heterocycles. The van der Waals surface area contributed by atoms with Gasteiger partial charge in [-0.1, -0.05) is 0 Å². The van der Waals surface area contributed by atoms with E-state index >= 15 is 0 Å². The van der Waals surface area contributed by atoms with Gasteiger partial charge in [0.25, 0.3) is 0 Å². The molecule has 0 amide bonds. The second-order valence-corrected chi connectivity index (χ2v) is 5.31. The van der Waals surface area contributed by atoms with E-state index in [4.69, 9.17) is 9.84 Å². The average molecular weight is 255 g/mol. The SMILES string of the molecule is COC(C)(C)CCSc1ncccc1C(=O)O. The molecule has 0 spiro atoms. The molecule has 0 aliphatic rings. The smallest absolute Gasteiger partial charge is 0.338 e. The molecule has 94 valence electrons. The number of nitrogens with zero attached hydrogens (tertiary/aromatic N) is 1. The molecule has 1 N–H and O–H groups in total. The standard InChI is InChI=1S/C12H17NO3S/c1-12(2,16-3)6-8-17-10-9(11(14)15)5-4-7-13-10/h4-5,7H,6,8H2,1-3H3,(H,14,15). The second kappa shape index (κ2) is 6.02. The summed E-state index contributed by atoms with van der Waals surface area (Å²) < 4.78 is 5.30. The molecule has 5 heteroatoms. The normalized spacial score (nSPS) is 11.5. The van der Waals surface area contributed by atoms with Gasteiger partial charge in [0, 0.05) is 19.1 Å². The molecule has 0 aliphatic carbocycles. The Balaban J connectivity index is 2.61. The van der Waals surface area contributed by atoms with Crippen molar-refractivity contribution in [2.24, 2.45) is 0 Å². The number of ether oxygens (including phenoxy) is 1. The van der Waals surface area contributed by atoms with Gasteiger partial charge in [0.05, 0.1) is 11.2 Å². The van der Waals surface area contributed by atoms with Crippen molar-refractivity contribution in [3.05, 3.63) is 23.9 Å². The molecule has 1 aromatic rings. The summed E-state index contributed by atoms with van der Waals surface area (Å²) in [6.45, 7) is 4.01. The zero-order valence-electron chi connectivity index (χ0n) is 10.3. The number of carbonyl (C=O) groups is 1. The molecular weight excluding hydrogens is 238 g/mol. The minimum absolute atomic E-state index is 0.189. The summed E-state index contributed by atoms with van der Waals surface area (Å²) in [5.41, 5.74) is 0.0678. The van der Waals surface area contributed by atoms with Gasteiger partial charge in [-0.05, 0) is 32.4 Å². The first-order valence-corrected chi connectivity index (χ1v) is 6.31. The number of hydrogen-bond acceptors (Lipinski definition) is 4. The van der Waals surface area contributed by atoms with Gasteiger partial charge in [-0.2, -0.15) is 0 Å². The summed E-state index contributed by atoms with van der Waals surface area (Å²) in [5.74, 6) is -0.162. The Morgan fingerprint density at radius 2 is 2.29 bits per heavy atom. The predicted octanol–water partition coefficient (Wildman–Crippen LogP) is 2.69. The molecule has 0 radical (unpaired) electrons. The number of methoxy groups -OCH3 is 1. The fourth-order valence-corrected chi connectivity index (χ4v) is 2.40. The fraction of sp³-hybridized carbons (Fsp3) is 0.500. The highest BCUT2D eigenvalue weighted by atomic mass is 32.2. The highest BCUT2D eigenvalue weighted by molar-refractivity contribution is 7.99. The number of pyridine rings is 1. The van der Waals surface area contributed by atoms with Crippen molar-refractivity contribution in [3.63, 3.8) is 0 Å². The molecular formula is C12H17NO3S. The van der Waals surface area contributed by atoms with Gasteiger partial charge in [0.2, 0.25) is 0 Å². The van der Waals surface area contributed by atoms with Crippen LogP contribution >= 0.6 is 11.8 Å². The zero-order chi connectivity index (χ0) is 12.9. The second-order valence-electron chi connectivity index (χ2n) is 4.22. The molecule has 0 fully saturated rings. The van der Waals surface area contributed by atoms with Crippen LogP contribution in [0.5, 0.6) is 0 Å². The number of carboxylic acids is 1. The summed E-state index contributed by atoms with van der Waals surface area (Å²) in [4.78, 5) is 15.0. The quantitative estimate of drug-likeness (QED) is 0.792. The summed E-state index contributed by atoms with van der Waals surface area (Å²) in [6.07, 6.45) is 2.44. The van der Waals surface area contributed by atoms with Crippen LogP contribution in [0, 0.1) is 0 Å². The Labute approximate surface area is 105 Å². The van der Waals surface area contributed by atoms with Crippen molar-refractivity contribution >= 4 is 17.7 Å². The number of carboxylic acid groups (broad SMARTS) is 1. The van der Waals surface area contributed by atoms with Crippen LogP contribution < -0.4 is 0 Å². The molecule has 0 bridgehead atoms. The minimum atomic E-state index is -0.938. The van der Waals surface area contributed by atoms with E-state index < -0.39 is 5.97 Å². The molecule has 0 unspecified atom stereocenters. The largest absolute Gasteiger partial charge is 0.478 e. The van der Waals surface area contributed by atoms with Crippen molar-refractivity contribution in [2.45, 2.75) is 30.9 Å². The zero-order valence-corrected chi connectivity index (χ0v) is 11.1. The predicted molar refractivity (Wildman–Crippen MR) is 67.6 cm³/mol. The molecule has 0 aliphatic heterocycles. The van der Waals surface area contributed by atoms with Gasteiger partial charge in [-0.3, -0.25) is 0 Å². The fourth-order valence-electron chi connectivity index (χ4n) is 1.16. The van der Waals surface area contributed by atoms with E-state index in [0.717, 1.165) is 12.2 Å². The van der Waals surface area contributed by atoms with E-state index in [-0.39, 0.29) is 11.2 Å². The Kier molecular flexibility index (Phi) is 4.96. The Hall–Kier alpha value is -1.07. The Morgan fingerprint density at radius 3 is 2.88 bits per heavy atom. The van der Waals surface area contributed by atoms with E-state index in [1.54, 1.807) is 25.4 Å². The monoisotopic (exact) mass is 255 g/mol. The van der Waals surface area contributed by atoms with Gasteiger partial charge in [0.1, 0.15) is 5.03 Å². The third-order valence-corrected chi connectivity index (χ3v) is 3.50. The van der Waals surface area contributed by atoms with Gasteiger partial charge >= 0.3 is 5.97 Å². The average Bonchev–Trinajstić information content (AvgIpc) is 2.29. The van der Waals surface area contributed by atoms with E-state index in [9.17, 15) is 4.79 Å². The summed E-state index contributed by atoms with van der Waals surface area (Å²) in [7, 11) is 1.67. The van der Waals surface area contributed by atoms with Crippen LogP contribution in [0.2, 0.25) is 0 Å². The maximum Gasteiger partial charge on any atom is 0.338 e. The number of rotatable bonds is 6. The maximum atomic E-state index is 11.0. The summed E-state index contributed by atoms with van der Waals surface area (Å²) in [5, 5.41) is 9.55. The molecule has 17 heavy (non-hydrogen) atoms. The van der Waals surface area contributed by atoms with Crippen LogP contribution in [0.1, 0.15) is 30.6 Å². The highest BCUT2D eigenvalue weighted by Gasteiger charge is 2.17. The molecule has 0 atom stereocenters. The lowest BCUT2D eigenvalue weighted by Gasteiger charge is -2.22. The van der Waals surface area contributed by atoms with E-state index in [2.05, 4.69) is 4.98 Å². The topological polar surface area (TPSA) is 59.4 Å². The molecule has 0 aromatic carbocycles. The first-order chi connectivity index (χ1) is 7.96. The number of aromatic nitrogens is 1. The third-order valence-electron chi connectivity index (χ3n) is 2.50. The highest BCUT2D eigenvalue weighted by Crippen LogP contribution is 2.24. The van der Waals surface area contributed by atoms with Gasteiger partial charge in [-0.25, -0.2) is 9.78 Å². The van der Waals surface area contributed by atoms with Crippen LogP contribution in [0.15, 0.2) is 23.4 Å². The lowest BCUT2D eigenvalue weighted by molar-refractivity contribution is 0.0206. The van der Waals surface area contributed by atoms with Crippen LogP contribution in [0.3, 0.4) is 0 Å². The van der Waals surface area contributed by atoms with Crippen molar-refractivity contribution in [1.29, 1.82) is 0 Å². The van der Waals surface area contributed by atoms with Crippen LogP contribution in [-0.4, -0.2) is 34.5 Å². The third kappa shape index (κ3) is 4.36. The molecule has 0 saturated carbocycles. The maximum absolute atomic E-state index is 11.0. The van der Waals surface area contributed by atoms with Gasteiger partial charge < -0.3 is 9.84 Å². The number of aromatic carboxylic acids is 1. The van der Waals surface area contributed by atoms with E-state index in [1.807, 2.05) is 13.8 Å². The summed E-state index contributed by atoms with van der Waals surface area (Å²) in [6, 6.07) is 3.20. The Morgan fingerprint density at radius 1 is 1.59 bits per heavy atom. The number of thioether (sulfide) groups is 1. The molecule has 1 rings (SSSR count). The molecule has 1 heterocycles. The van der Waals surface area contributed by atoms with E-state index in [1.165, 1.54) is 11.8 Å².